The smallest absolute Gasteiger partial charge is 0.309 e. The first-order chi connectivity index (χ1) is 9.97. The van der Waals surface area contributed by atoms with Gasteiger partial charge in [-0.15, -0.1) is 24.4 Å². The molecule has 0 heterocycles. The molecule has 0 saturated carbocycles. The fraction of sp³-hybridized carbons (Fsp3) is 0.786. The number of carbonyl (C=O) groups is 2. The second-order valence-electron chi connectivity index (χ2n) is 6.18. The Kier molecular flexibility index (Phi) is 8.97. The number of rotatable bonds is 9. The molecule has 0 aromatic carbocycles. The van der Waals surface area contributed by atoms with E-state index in [4.69, 9.17) is 18.0 Å². The zero-order valence-corrected chi connectivity index (χ0v) is 16.0. The first kappa shape index (κ1) is 21.7. The molecule has 0 spiro atoms. The van der Waals surface area contributed by atoms with Crippen molar-refractivity contribution in [1.29, 1.82) is 0 Å². The minimum Gasteiger partial charge on any atom is -0.481 e. The van der Waals surface area contributed by atoms with Crippen LogP contribution in [0.1, 0.15) is 40.5 Å². The predicted octanol–water partition coefficient (Wildman–Crippen LogP) is 2.29. The maximum absolute atomic E-state index is 12.5. The summed E-state index contributed by atoms with van der Waals surface area (Å²) in [5.74, 6) is -1.01. The molecule has 4 N–H and O–H groups in total. The van der Waals surface area contributed by atoms with Gasteiger partial charge in [0.1, 0.15) is 3.53 Å². The Balaban J connectivity index is 5.19. The summed E-state index contributed by atoms with van der Waals surface area (Å²) in [5, 5.41) is 11.9. The Hall–Kier alpha value is -0.310. The highest BCUT2D eigenvalue weighted by molar-refractivity contribution is 8.41. The highest BCUT2D eigenvalue weighted by atomic mass is 32.2. The molecule has 128 valence electrons. The summed E-state index contributed by atoms with van der Waals surface area (Å²) in [6.45, 7) is 7.81. The number of thioether (sulfide) groups is 1. The summed E-state index contributed by atoms with van der Waals surface area (Å²) in [4.78, 5) is 23.8. The topological polar surface area (TPSA) is 92.4 Å². The molecule has 0 aromatic rings. The van der Waals surface area contributed by atoms with Gasteiger partial charge in [0.15, 0.2) is 0 Å². The molecule has 1 amide bonds. The summed E-state index contributed by atoms with van der Waals surface area (Å²) < 4.78 is 0.461. The average Bonchev–Trinajstić information content (AvgIpc) is 2.41. The average molecular weight is 367 g/mol. The first-order valence-electron chi connectivity index (χ1n) is 7.08. The van der Waals surface area contributed by atoms with Crippen LogP contribution in [0.15, 0.2) is 0 Å². The first-order valence-corrected chi connectivity index (χ1v) is 8.82. The molecule has 0 saturated heterocycles. The molecule has 0 radical (unpaired) electrons. The van der Waals surface area contributed by atoms with Crippen LogP contribution in [0.5, 0.6) is 0 Å². The van der Waals surface area contributed by atoms with Gasteiger partial charge in [0.2, 0.25) is 5.91 Å². The summed E-state index contributed by atoms with van der Waals surface area (Å²) in [5.41, 5.74) is 3.79. The number of nitrogens with one attached hydrogen (secondary N) is 1. The molecule has 0 aliphatic rings. The standard InChI is InChI=1S/C14H26N2O3S3/c1-9(22-12(20)21)14(4,10(17)16-8-7-15)6-5-13(2,3)11(18)19/h9H,5-8,15H2,1-4H3,(H,16,17)(H,18,19)(H,20,21). The van der Waals surface area contributed by atoms with E-state index in [1.54, 1.807) is 13.8 Å². The summed E-state index contributed by atoms with van der Waals surface area (Å²) in [6, 6.07) is 0. The summed E-state index contributed by atoms with van der Waals surface area (Å²) in [7, 11) is 0. The van der Waals surface area contributed by atoms with Crippen LogP contribution in [0.2, 0.25) is 0 Å². The van der Waals surface area contributed by atoms with Gasteiger partial charge in [-0.05, 0) is 33.6 Å². The van der Waals surface area contributed by atoms with Gasteiger partial charge < -0.3 is 16.2 Å². The van der Waals surface area contributed by atoms with Gasteiger partial charge in [0.05, 0.1) is 10.8 Å². The van der Waals surface area contributed by atoms with Crippen molar-refractivity contribution in [2.24, 2.45) is 16.6 Å². The van der Waals surface area contributed by atoms with E-state index >= 15 is 0 Å². The molecule has 0 aliphatic heterocycles. The molecule has 5 nitrogen and oxygen atoms in total. The lowest BCUT2D eigenvalue weighted by atomic mass is 9.75. The van der Waals surface area contributed by atoms with Crippen LogP contribution in [-0.4, -0.2) is 38.9 Å². The second kappa shape index (κ2) is 9.10. The van der Waals surface area contributed by atoms with E-state index < -0.39 is 16.8 Å². The molecule has 0 fully saturated rings. The molecule has 22 heavy (non-hydrogen) atoms. The number of carboxylic acid groups (broad SMARTS) is 1. The van der Waals surface area contributed by atoms with E-state index in [-0.39, 0.29) is 11.2 Å². The number of amides is 1. The van der Waals surface area contributed by atoms with Crippen molar-refractivity contribution in [3.63, 3.8) is 0 Å². The number of carboxylic acids is 1. The molecule has 2 atom stereocenters. The third-order valence-corrected chi connectivity index (χ3v) is 5.65. The van der Waals surface area contributed by atoms with Crippen LogP contribution in [0.25, 0.3) is 0 Å². The van der Waals surface area contributed by atoms with Crippen LogP contribution in [-0.2, 0) is 9.59 Å². The van der Waals surface area contributed by atoms with Crippen LogP contribution < -0.4 is 11.1 Å². The SMILES string of the molecule is CC(SC(=S)S)C(C)(CCC(C)(C)C(=O)O)C(=O)NCCN. The van der Waals surface area contributed by atoms with Gasteiger partial charge >= 0.3 is 5.97 Å². The van der Waals surface area contributed by atoms with Gasteiger partial charge in [-0.3, -0.25) is 9.59 Å². The highest BCUT2D eigenvalue weighted by Gasteiger charge is 2.41. The fourth-order valence-electron chi connectivity index (χ4n) is 1.85. The lowest BCUT2D eigenvalue weighted by Gasteiger charge is -2.35. The second-order valence-corrected chi connectivity index (χ2v) is 9.25. The third kappa shape index (κ3) is 6.44. The van der Waals surface area contributed by atoms with Crippen molar-refractivity contribution in [1.82, 2.24) is 5.32 Å². The van der Waals surface area contributed by atoms with Crippen LogP contribution >= 0.6 is 36.6 Å². The highest BCUT2D eigenvalue weighted by Crippen LogP contribution is 2.40. The largest absolute Gasteiger partial charge is 0.481 e. The molecule has 2 unspecified atom stereocenters. The number of hydrogen-bond acceptors (Lipinski definition) is 5. The minimum atomic E-state index is -0.888. The normalized spacial score (nSPS) is 15.7. The number of nitrogens with two attached hydrogens (primary N) is 1. The van der Waals surface area contributed by atoms with Crippen molar-refractivity contribution in [2.75, 3.05) is 13.1 Å². The molecule has 0 rings (SSSR count). The van der Waals surface area contributed by atoms with Gasteiger partial charge in [-0.1, -0.05) is 19.1 Å². The van der Waals surface area contributed by atoms with E-state index in [0.29, 0.717) is 29.5 Å². The lowest BCUT2D eigenvalue weighted by molar-refractivity contribution is -0.148. The molecular formula is C14H26N2O3S3. The van der Waals surface area contributed by atoms with Gasteiger partial charge in [0, 0.05) is 18.3 Å². The number of carbonyl (C=O) groups excluding carboxylic acids is 1. The van der Waals surface area contributed by atoms with E-state index in [2.05, 4.69) is 17.9 Å². The molecule has 0 bridgehead atoms. The summed E-state index contributed by atoms with van der Waals surface area (Å²) in [6.07, 6.45) is 0.826. The Morgan fingerprint density at radius 1 is 1.36 bits per heavy atom. The zero-order valence-electron chi connectivity index (χ0n) is 13.5. The number of thiocarbonyl (C=S) groups is 1. The maximum Gasteiger partial charge on any atom is 0.309 e. The van der Waals surface area contributed by atoms with Crippen molar-refractivity contribution in [3.8, 4) is 0 Å². The van der Waals surface area contributed by atoms with E-state index in [1.807, 2.05) is 13.8 Å². The van der Waals surface area contributed by atoms with E-state index in [9.17, 15) is 14.7 Å². The quantitative estimate of drug-likeness (QED) is 0.370. The monoisotopic (exact) mass is 366 g/mol. The van der Waals surface area contributed by atoms with Crippen molar-refractivity contribution >= 4 is 52.0 Å². The molecule has 0 aliphatic carbocycles. The number of aliphatic carboxylic acids is 1. The van der Waals surface area contributed by atoms with Crippen LogP contribution in [0.4, 0.5) is 0 Å². The number of hydrogen-bond donors (Lipinski definition) is 4. The van der Waals surface area contributed by atoms with Gasteiger partial charge in [-0.25, -0.2) is 0 Å². The predicted molar refractivity (Wildman–Crippen MR) is 99.5 cm³/mol. The Morgan fingerprint density at radius 3 is 2.32 bits per heavy atom. The van der Waals surface area contributed by atoms with E-state index in [1.165, 1.54) is 11.8 Å². The van der Waals surface area contributed by atoms with Crippen molar-refractivity contribution in [2.45, 2.75) is 45.8 Å². The Labute approximate surface area is 147 Å². The Morgan fingerprint density at radius 2 is 1.91 bits per heavy atom. The molecule has 8 heteroatoms. The van der Waals surface area contributed by atoms with Crippen molar-refractivity contribution in [3.05, 3.63) is 0 Å². The molecule has 0 aromatic heterocycles. The minimum absolute atomic E-state index is 0.125. The van der Waals surface area contributed by atoms with Crippen LogP contribution in [0.3, 0.4) is 0 Å². The Bertz CT molecular complexity index is 430. The lowest BCUT2D eigenvalue weighted by Crippen LogP contribution is -2.47. The van der Waals surface area contributed by atoms with Crippen LogP contribution in [0, 0.1) is 10.8 Å². The van der Waals surface area contributed by atoms with Crippen molar-refractivity contribution < 1.29 is 14.7 Å². The van der Waals surface area contributed by atoms with E-state index in [0.717, 1.165) is 0 Å². The van der Waals surface area contributed by atoms with Gasteiger partial charge in [-0.2, -0.15) is 0 Å². The van der Waals surface area contributed by atoms with Gasteiger partial charge in [0.25, 0.3) is 0 Å². The number of thiol groups is 1. The fourth-order valence-corrected chi connectivity index (χ4v) is 3.54. The molecular weight excluding hydrogens is 340 g/mol. The summed E-state index contributed by atoms with van der Waals surface area (Å²) >= 11 is 10.4. The maximum atomic E-state index is 12.5. The zero-order chi connectivity index (χ0) is 17.6. The third-order valence-electron chi connectivity index (χ3n) is 3.97.